The fourth-order valence-corrected chi connectivity index (χ4v) is 2.94. The Balaban J connectivity index is 0.00000625. The van der Waals surface area contributed by atoms with Crippen molar-refractivity contribution in [3.8, 4) is 0 Å². The van der Waals surface area contributed by atoms with E-state index in [2.05, 4.69) is 10.3 Å². The molecule has 3 atom stereocenters. The van der Waals surface area contributed by atoms with Gasteiger partial charge in [-0.3, -0.25) is 9.79 Å². The molecule has 0 aromatic carbocycles. The Hall–Kier alpha value is -1.41. The number of rotatable bonds is 8. The highest BCUT2D eigenvalue weighted by Crippen LogP contribution is 2.27. The van der Waals surface area contributed by atoms with Gasteiger partial charge in [0.2, 0.25) is 5.91 Å². The van der Waals surface area contributed by atoms with Gasteiger partial charge >= 0.3 is 5.97 Å². The van der Waals surface area contributed by atoms with Gasteiger partial charge in [-0.05, 0) is 32.8 Å². The number of ether oxygens (including phenoxy) is 2. The van der Waals surface area contributed by atoms with Crippen LogP contribution in [-0.4, -0.2) is 48.6 Å². The van der Waals surface area contributed by atoms with Gasteiger partial charge in [0.25, 0.3) is 0 Å². The zero-order valence-electron chi connectivity index (χ0n) is 16.3. The highest BCUT2D eigenvalue weighted by atomic mass is 79.9. The van der Waals surface area contributed by atoms with Crippen molar-refractivity contribution in [2.24, 2.45) is 10.7 Å². The van der Waals surface area contributed by atoms with Crippen molar-refractivity contribution >= 4 is 34.7 Å². The summed E-state index contributed by atoms with van der Waals surface area (Å²) in [4.78, 5) is 28.3. The molecule has 1 aliphatic carbocycles. The summed E-state index contributed by atoms with van der Waals surface area (Å²) in [5.74, 6) is -0.158. The van der Waals surface area contributed by atoms with Crippen LogP contribution in [0.2, 0.25) is 0 Å². The lowest BCUT2D eigenvalue weighted by Gasteiger charge is -2.36. The quantitative estimate of drug-likeness (QED) is 0.347. The average Bonchev–Trinajstić information content (AvgIpc) is 2.54. The van der Waals surface area contributed by atoms with E-state index >= 15 is 0 Å². The fraction of sp³-hybridized carbons (Fsp3) is 0.722. The minimum atomic E-state index is -0.463. The largest absolute Gasteiger partial charge is 0.463 e. The van der Waals surface area contributed by atoms with Gasteiger partial charge in [0, 0.05) is 18.9 Å². The van der Waals surface area contributed by atoms with Gasteiger partial charge < -0.3 is 20.5 Å². The third-order valence-corrected chi connectivity index (χ3v) is 4.10. The number of esters is 1. The van der Waals surface area contributed by atoms with Gasteiger partial charge in [-0.25, -0.2) is 4.79 Å². The maximum absolute atomic E-state index is 12.2. The predicted octanol–water partition coefficient (Wildman–Crippen LogP) is 2.28. The monoisotopic (exact) mass is 433 g/mol. The third-order valence-electron chi connectivity index (χ3n) is 4.10. The molecule has 0 spiro atoms. The Labute approximate surface area is 166 Å². The molecule has 1 rings (SSSR count). The first-order valence-electron chi connectivity index (χ1n) is 8.92. The van der Waals surface area contributed by atoms with Crippen LogP contribution in [-0.2, 0) is 19.1 Å². The standard InChI is InChI=1S/C18H31N3O4.BrH/c1-6-14(7-2)25-16-10-13(18(23)24-8-3)9-15(20-11(4)19)17(16)21-12(5)22;/h10,14-17H,6-9H2,1-5H3,(H2,19,20)(H,21,22);1H/t15-,16+,17+;/m0./s1. The zero-order chi connectivity index (χ0) is 19.0. The number of hydrogen-bond acceptors (Lipinski definition) is 5. The van der Waals surface area contributed by atoms with E-state index in [0.717, 1.165) is 12.8 Å². The summed E-state index contributed by atoms with van der Waals surface area (Å²) in [6.07, 6.45) is 3.35. The van der Waals surface area contributed by atoms with Gasteiger partial charge in [-0.15, -0.1) is 17.0 Å². The first-order chi connectivity index (χ1) is 11.8. The molecule has 0 fully saturated rings. The van der Waals surface area contributed by atoms with Crippen molar-refractivity contribution in [2.75, 3.05) is 6.61 Å². The molecule has 8 heteroatoms. The van der Waals surface area contributed by atoms with Crippen LogP contribution in [0.15, 0.2) is 16.6 Å². The van der Waals surface area contributed by atoms with E-state index in [0.29, 0.717) is 24.4 Å². The van der Waals surface area contributed by atoms with E-state index < -0.39 is 6.10 Å². The minimum absolute atomic E-state index is 0. The Kier molecular flexibility index (Phi) is 11.4. The Bertz CT molecular complexity index is 529. The zero-order valence-corrected chi connectivity index (χ0v) is 18.0. The number of amides is 1. The molecule has 0 aliphatic heterocycles. The number of halogens is 1. The molecular weight excluding hydrogens is 402 g/mol. The Morgan fingerprint density at radius 2 is 1.92 bits per heavy atom. The van der Waals surface area contributed by atoms with E-state index in [4.69, 9.17) is 15.2 Å². The van der Waals surface area contributed by atoms with Gasteiger partial charge in [0.05, 0.1) is 36.7 Å². The normalized spacial score (nSPS) is 23.1. The number of nitrogens with zero attached hydrogens (tertiary/aromatic N) is 1. The molecular formula is C18H32BrN3O4. The predicted molar refractivity (Wildman–Crippen MR) is 108 cm³/mol. The molecule has 0 aromatic rings. The Morgan fingerprint density at radius 1 is 1.31 bits per heavy atom. The molecule has 0 bridgehead atoms. The average molecular weight is 434 g/mol. The van der Waals surface area contributed by atoms with E-state index in [9.17, 15) is 9.59 Å². The van der Waals surface area contributed by atoms with Crippen LogP contribution in [0.3, 0.4) is 0 Å². The molecule has 26 heavy (non-hydrogen) atoms. The molecule has 0 unspecified atom stereocenters. The minimum Gasteiger partial charge on any atom is -0.463 e. The van der Waals surface area contributed by atoms with E-state index in [1.165, 1.54) is 6.92 Å². The Morgan fingerprint density at radius 3 is 2.38 bits per heavy atom. The van der Waals surface area contributed by atoms with Crippen molar-refractivity contribution in [1.82, 2.24) is 5.32 Å². The number of hydrogen-bond donors (Lipinski definition) is 2. The summed E-state index contributed by atoms with van der Waals surface area (Å²) in [5, 5.41) is 2.91. The van der Waals surface area contributed by atoms with Crippen LogP contribution >= 0.6 is 17.0 Å². The molecule has 7 nitrogen and oxygen atoms in total. The smallest absolute Gasteiger partial charge is 0.333 e. The molecule has 1 aliphatic rings. The van der Waals surface area contributed by atoms with Crippen molar-refractivity contribution in [1.29, 1.82) is 0 Å². The summed E-state index contributed by atoms with van der Waals surface area (Å²) in [6, 6.07) is -0.757. The maximum atomic E-state index is 12.2. The number of amidine groups is 1. The van der Waals surface area contributed by atoms with Crippen LogP contribution in [0.25, 0.3) is 0 Å². The highest BCUT2D eigenvalue weighted by molar-refractivity contribution is 8.93. The molecule has 0 saturated carbocycles. The third kappa shape index (κ3) is 7.45. The lowest BCUT2D eigenvalue weighted by atomic mass is 9.87. The van der Waals surface area contributed by atoms with E-state index in [1.54, 1.807) is 19.9 Å². The van der Waals surface area contributed by atoms with Crippen molar-refractivity contribution in [2.45, 2.75) is 78.2 Å². The number of aliphatic imine (C=N–C) groups is 1. The summed E-state index contributed by atoms with van der Waals surface area (Å²) in [5.41, 5.74) is 6.27. The van der Waals surface area contributed by atoms with Crippen molar-refractivity contribution in [3.05, 3.63) is 11.6 Å². The lowest BCUT2D eigenvalue weighted by Crippen LogP contribution is -2.53. The second-order valence-corrected chi connectivity index (χ2v) is 6.22. The number of carbonyl (C=O) groups is 2. The topological polar surface area (TPSA) is 103 Å². The first-order valence-corrected chi connectivity index (χ1v) is 8.92. The summed E-state index contributed by atoms with van der Waals surface area (Å²) < 4.78 is 11.3. The molecule has 3 N–H and O–H groups in total. The van der Waals surface area contributed by atoms with Gasteiger partial charge in [-0.1, -0.05) is 13.8 Å². The van der Waals surface area contributed by atoms with Crippen molar-refractivity contribution < 1.29 is 19.1 Å². The van der Waals surface area contributed by atoms with E-state index in [-0.39, 0.29) is 47.0 Å². The number of nitrogens with two attached hydrogens (primary N) is 1. The summed E-state index contributed by atoms with van der Waals surface area (Å²) in [6.45, 7) is 9.28. The lowest BCUT2D eigenvalue weighted by molar-refractivity contribution is -0.139. The van der Waals surface area contributed by atoms with Gasteiger partial charge in [0.1, 0.15) is 0 Å². The van der Waals surface area contributed by atoms with Gasteiger partial charge in [-0.2, -0.15) is 0 Å². The number of carbonyl (C=O) groups excluding carboxylic acids is 2. The van der Waals surface area contributed by atoms with E-state index in [1.807, 2.05) is 13.8 Å². The van der Waals surface area contributed by atoms with Crippen LogP contribution < -0.4 is 11.1 Å². The van der Waals surface area contributed by atoms with Crippen LogP contribution in [0.1, 0.15) is 53.9 Å². The SMILES string of the molecule is Br.CCOC(=O)C1=C[C@@H](OC(CC)CC)[C@H](NC(C)=O)[C@@H](N=C(C)N)C1. The number of nitrogens with one attached hydrogen (secondary N) is 1. The summed E-state index contributed by atoms with van der Waals surface area (Å²) in [7, 11) is 0. The maximum Gasteiger partial charge on any atom is 0.333 e. The first kappa shape index (κ1) is 24.6. The van der Waals surface area contributed by atoms with Crippen LogP contribution in [0, 0.1) is 0 Å². The molecule has 0 heterocycles. The fourth-order valence-electron chi connectivity index (χ4n) is 2.94. The van der Waals surface area contributed by atoms with Crippen LogP contribution in [0.5, 0.6) is 0 Å². The second-order valence-electron chi connectivity index (χ2n) is 6.22. The molecule has 0 saturated heterocycles. The van der Waals surface area contributed by atoms with Crippen LogP contribution in [0.4, 0.5) is 0 Å². The van der Waals surface area contributed by atoms with Crippen molar-refractivity contribution in [3.63, 3.8) is 0 Å². The molecule has 1 amide bonds. The second kappa shape index (κ2) is 12.1. The van der Waals surface area contributed by atoms with Gasteiger partial charge in [0.15, 0.2) is 0 Å². The summed E-state index contributed by atoms with van der Waals surface area (Å²) >= 11 is 0. The molecule has 150 valence electrons. The molecule has 0 aromatic heterocycles. The molecule has 0 radical (unpaired) electrons. The highest BCUT2D eigenvalue weighted by Gasteiger charge is 2.37.